The van der Waals surface area contributed by atoms with Crippen molar-refractivity contribution in [3.05, 3.63) is 123 Å². The van der Waals surface area contributed by atoms with Crippen molar-refractivity contribution in [1.82, 2.24) is 16.0 Å². The van der Waals surface area contributed by atoms with Gasteiger partial charge in [0.25, 0.3) is 0 Å². The summed E-state index contributed by atoms with van der Waals surface area (Å²) < 4.78 is 48.6. The molecule has 17 heteroatoms. The number of alkyl carbamates (subject to hydrolysis) is 2. The zero-order chi connectivity index (χ0) is 44.9. The molecule has 0 spiro atoms. The molecule has 0 aliphatic carbocycles. The van der Waals surface area contributed by atoms with Gasteiger partial charge in [0, 0.05) is 18.6 Å². The number of benzene rings is 4. The summed E-state index contributed by atoms with van der Waals surface area (Å²) in [6, 6.07) is 19.3. The number of nitrogens with one attached hydrogen (secondary N) is 3. The Kier molecular flexibility index (Phi) is 16.4. The monoisotopic (exact) mass is 848 g/mol. The number of ether oxygens (including phenoxy) is 6. The van der Waals surface area contributed by atoms with Gasteiger partial charge in [0.2, 0.25) is 11.7 Å². The Hall–Kier alpha value is -6.46. The van der Waals surface area contributed by atoms with E-state index in [0.29, 0.717) is 16.9 Å². The summed E-state index contributed by atoms with van der Waals surface area (Å²) in [4.78, 5) is 50.2. The van der Waals surface area contributed by atoms with Gasteiger partial charge in [0.15, 0.2) is 11.5 Å². The van der Waals surface area contributed by atoms with Gasteiger partial charge in [0.1, 0.15) is 28.7 Å². The summed E-state index contributed by atoms with van der Waals surface area (Å²) in [5, 5.41) is 30.1. The predicted molar refractivity (Wildman–Crippen MR) is 222 cm³/mol. The van der Waals surface area contributed by atoms with Gasteiger partial charge in [-0.05, 0) is 94.1 Å². The Morgan fingerprint density at radius 2 is 1.39 bits per heavy atom. The standard InChI is InChI=1S/C44H53FN4O12/c1-43(2,3)60-41(52)47-34(18-28-14-16-33(45)37(19-28)49(54)55)40(51)46-35(24-50)30-20-31(56-7)23-32(21-30)59-39-22-29(15-17-38(39)57-8)36(48-42(53)61-44(4,5)6)26-58-25-27-12-10-9-11-13-27/h9-17,19-23,34-36,50H,18,24-26H2,1-8H3,(H,46,51)(H,47,52)(H,48,53)/t34-,35-,36+/m1/s1. The maximum absolute atomic E-state index is 14.1. The number of nitrogens with zero attached hydrogens (tertiary/aromatic N) is 1. The van der Waals surface area contributed by atoms with Gasteiger partial charge in [-0.3, -0.25) is 14.9 Å². The number of rotatable bonds is 18. The van der Waals surface area contributed by atoms with Crippen molar-refractivity contribution in [3.63, 3.8) is 0 Å². The van der Waals surface area contributed by atoms with E-state index < -0.39 is 70.5 Å². The molecule has 0 radical (unpaired) electrons. The molecule has 0 saturated carbocycles. The lowest BCUT2D eigenvalue weighted by Crippen LogP contribution is -2.50. The molecule has 0 aliphatic heterocycles. The molecule has 0 fully saturated rings. The number of carbonyl (C=O) groups excluding carboxylic acids is 3. The van der Waals surface area contributed by atoms with Crippen LogP contribution >= 0.6 is 0 Å². The highest BCUT2D eigenvalue weighted by atomic mass is 19.1. The molecule has 0 saturated heterocycles. The lowest BCUT2D eigenvalue weighted by molar-refractivity contribution is -0.387. The predicted octanol–water partition coefficient (Wildman–Crippen LogP) is 7.61. The van der Waals surface area contributed by atoms with Crippen LogP contribution < -0.4 is 30.2 Å². The largest absolute Gasteiger partial charge is 0.497 e. The summed E-state index contributed by atoms with van der Waals surface area (Å²) >= 11 is 0. The van der Waals surface area contributed by atoms with Gasteiger partial charge < -0.3 is 49.5 Å². The summed E-state index contributed by atoms with van der Waals surface area (Å²) in [6.07, 6.45) is -1.91. The second-order valence-electron chi connectivity index (χ2n) is 15.8. The minimum Gasteiger partial charge on any atom is -0.497 e. The van der Waals surface area contributed by atoms with E-state index in [-0.39, 0.29) is 42.4 Å². The van der Waals surface area contributed by atoms with Crippen LogP contribution in [0.1, 0.15) is 75.9 Å². The van der Waals surface area contributed by atoms with Crippen molar-refractivity contribution < 1.29 is 57.2 Å². The van der Waals surface area contributed by atoms with E-state index in [4.69, 9.17) is 28.4 Å². The molecule has 4 aromatic carbocycles. The number of nitro groups is 1. The highest BCUT2D eigenvalue weighted by Gasteiger charge is 2.29. The zero-order valence-electron chi connectivity index (χ0n) is 35.4. The van der Waals surface area contributed by atoms with E-state index in [1.54, 1.807) is 77.9 Å². The first kappa shape index (κ1) is 47.2. The van der Waals surface area contributed by atoms with E-state index >= 15 is 0 Å². The Bertz CT molecular complexity index is 2140. The molecule has 4 aromatic rings. The van der Waals surface area contributed by atoms with E-state index in [0.717, 1.165) is 17.7 Å². The molecule has 4 N–H and O–H groups in total. The van der Waals surface area contributed by atoms with Crippen LogP contribution in [0.5, 0.6) is 23.0 Å². The quantitative estimate of drug-likeness (QED) is 0.0564. The Morgan fingerprint density at radius 1 is 0.738 bits per heavy atom. The zero-order valence-corrected chi connectivity index (χ0v) is 35.4. The highest BCUT2D eigenvalue weighted by Crippen LogP contribution is 2.37. The number of hydrogen-bond acceptors (Lipinski definition) is 12. The van der Waals surface area contributed by atoms with E-state index in [9.17, 15) is 34.0 Å². The number of amides is 3. The Morgan fingerprint density at radius 3 is 2.00 bits per heavy atom. The minimum absolute atomic E-state index is 0.0723. The van der Waals surface area contributed by atoms with Crippen LogP contribution in [0, 0.1) is 15.9 Å². The van der Waals surface area contributed by atoms with Crippen LogP contribution in [0.2, 0.25) is 0 Å². The Labute approximate surface area is 353 Å². The van der Waals surface area contributed by atoms with Crippen molar-refractivity contribution in [1.29, 1.82) is 0 Å². The summed E-state index contributed by atoms with van der Waals surface area (Å²) in [7, 11) is 2.88. The molecule has 0 unspecified atom stereocenters. The normalized spacial score (nSPS) is 12.9. The Balaban J connectivity index is 1.63. The van der Waals surface area contributed by atoms with Crippen molar-refractivity contribution in [2.75, 3.05) is 27.4 Å². The lowest BCUT2D eigenvalue weighted by Gasteiger charge is -2.25. The molecule has 0 heterocycles. The van der Waals surface area contributed by atoms with Crippen LogP contribution in [0.25, 0.3) is 0 Å². The first-order valence-electron chi connectivity index (χ1n) is 19.3. The number of hydrogen-bond donors (Lipinski definition) is 4. The van der Waals surface area contributed by atoms with Gasteiger partial charge in [-0.15, -0.1) is 0 Å². The average Bonchev–Trinajstić information content (AvgIpc) is 3.18. The molecular weight excluding hydrogens is 795 g/mol. The molecule has 0 bridgehead atoms. The minimum atomic E-state index is -1.39. The fourth-order valence-corrected chi connectivity index (χ4v) is 5.85. The third-order valence-corrected chi connectivity index (χ3v) is 8.60. The molecule has 16 nitrogen and oxygen atoms in total. The first-order valence-corrected chi connectivity index (χ1v) is 19.3. The molecule has 3 atom stereocenters. The highest BCUT2D eigenvalue weighted by molar-refractivity contribution is 5.86. The van der Waals surface area contributed by atoms with Gasteiger partial charge >= 0.3 is 17.9 Å². The SMILES string of the molecule is COc1cc(Oc2cc([C@H](COCc3ccccc3)NC(=O)OC(C)(C)C)ccc2OC)cc([C@@H](CO)NC(=O)[C@@H](Cc2ccc(F)c([N+](=O)[O-])c2)NC(=O)OC(C)(C)C)c1. The van der Waals surface area contributed by atoms with Gasteiger partial charge in [-0.2, -0.15) is 4.39 Å². The van der Waals surface area contributed by atoms with Crippen molar-refractivity contribution in [2.45, 2.75) is 83.9 Å². The van der Waals surface area contributed by atoms with E-state index in [1.165, 1.54) is 20.3 Å². The molecule has 328 valence electrons. The third kappa shape index (κ3) is 14.9. The molecule has 0 aromatic heterocycles. The van der Waals surface area contributed by atoms with Crippen LogP contribution in [-0.4, -0.2) is 72.8 Å². The van der Waals surface area contributed by atoms with Crippen molar-refractivity contribution in [2.24, 2.45) is 0 Å². The van der Waals surface area contributed by atoms with Crippen molar-refractivity contribution >= 4 is 23.8 Å². The van der Waals surface area contributed by atoms with E-state index in [2.05, 4.69) is 16.0 Å². The fourth-order valence-electron chi connectivity index (χ4n) is 5.85. The third-order valence-electron chi connectivity index (χ3n) is 8.60. The van der Waals surface area contributed by atoms with Gasteiger partial charge in [0.05, 0.1) is 51.0 Å². The van der Waals surface area contributed by atoms with Gasteiger partial charge in [-0.1, -0.05) is 42.5 Å². The molecule has 61 heavy (non-hydrogen) atoms. The number of methoxy groups -OCH3 is 2. The summed E-state index contributed by atoms with van der Waals surface area (Å²) in [5.74, 6) is -0.806. The average molecular weight is 849 g/mol. The number of carbonyl (C=O) groups is 3. The topological polar surface area (TPSA) is 206 Å². The van der Waals surface area contributed by atoms with Crippen LogP contribution in [-0.2, 0) is 32.0 Å². The number of halogens is 1. The summed E-state index contributed by atoms with van der Waals surface area (Å²) in [5.41, 5.74) is -0.467. The number of nitro benzene ring substituents is 1. The smallest absolute Gasteiger partial charge is 0.408 e. The summed E-state index contributed by atoms with van der Waals surface area (Å²) in [6.45, 7) is 9.88. The first-order chi connectivity index (χ1) is 28.8. The maximum atomic E-state index is 14.1. The van der Waals surface area contributed by atoms with Crippen LogP contribution in [0.3, 0.4) is 0 Å². The second-order valence-corrected chi connectivity index (χ2v) is 15.8. The lowest BCUT2D eigenvalue weighted by atomic mass is 10.0. The van der Waals surface area contributed by atoms with E-state index in [1.807, 2.05) is 30.3 Å². The fraction of sp³-hybridized carbons (Fsp3) is 0.386. The molecular formula is C44H53FN4O12. The van der Waals surface area contributed by atoms with Crippen LogP contribution in [0.4, 0.5) is 19.7 Å². The maximum Gasteiger partial charge on any atom is 0.408 e. The number of aliphatic hydroxyl groups is 1. The molecule has 4 rings (SSSR count). The second kappa shape index (κ2) is 21.2. The number of aliphatic hydroxyl groups excluding tert-OH is 1. The van der Waals surface area contributed by atoms with Crippen LogP contribution in [0.15, 0.2) is 84.9 Å². The van der Waals surface area contributed by atoms with Gasteiger partial charge in [-0.25, -0.2) is 9.59 Å². The molecule has 0 aliphatic rings. The van der Waals surface area contributed by atoms with Crippen molar-refractivity contribution in [3.8, 4) is 23.0 Å². The molecule has 3 amide bonds.